The molecule has 5 rings (SSSR count). The number of rotatable bonds is 15. The van der Waals surface area contributed by atoms with Crippen LogP contribution in [-0.2, 0) is 9.59 Å². The molecule has 3 N–H and O–H groups in total. The van der Waals surface area contributed by atoms with Crippen LogP contribution in [0.5, 0.6) is 0 Å². The first-order chi connectivity index (χ1) is 22.7. The van der Waals surface area contributed by atoms with E-state index < -0.39 is 5.97 Å². The van der Waals surface area contributed by atoms with Crippen molar-refractivity contribution >= 4 is 23.6 Å². The van der Waals surface area contributed by atoms with Crippen LogP contribution in [0.2, 0.25) is 0 Å². The third kappa shape index (κ3) is 6.58. The molecule has 0 saturated heterocycles. The van der Waals surface area contributed by atoms with Crippen molar-refractivity contribution < 1.29 is 19.8 Å². The first-order valence-corrected chi connectivity index (χ1v) is 21.4. The molecule has 5 fully saturated rings. The Bertz CT molecular complexity index is 1170. The van der Waals surface area contributed by atoms with E-state index in [1.165, 1.54) is 50.5 Å². The Morgan fingerprint density at radius 3 is 2.10 bits per heavy atom. The maximum Gasteiger partial charge on any atom is 0.303 e. The Hall–Kier alpha value is -1.01. The summed E-state index contributed by atoms with van der Waals surface area (Å²) < 4.78 is 0. The van der Waals surface area contributed by atoms with Crippen molar-refractivity contribution in [2.75, 3.05) is 18.6 Å². The molecule has 0 bridgehead atoms. The minimum absolute atomic E-state index is 0.0265. The van der Waals surface area contributed by atoms with Crippen LogP contribution in [0.25, 0.3) is 0 Å². The molecular weight excluding hydrogens is 615 g/mol. The molecule has 1 unspecified atom stereocenters. The lowest BCUT2D eigenvalue weighted by Gasteiger charge is -2.72. The Kier molecular flexibility index (Phi) is 11.9. The van der Waals surface area contributed by atoms with Gasteiger partial charge in [0.05, 0.1) is 11.5 Å². The van der Waals surface area contributed by atoms with Crippen molar-refractivity contribution in [3.05, 3.63) is 12.2 Å². The van der Waals surface area contributed by atoms with Gasteiger partial charge in [-0.05, 0) is 135 Å². The third-order valence-electron chi connectivity index (χ3n) is 16.3. The number of fused-ring (bicyclic) bond motifs is 7. The fourth-order valence-corrected chi connectivity index (χ4v) is 14.1. The minimum atomic E-state index is -0.688. The smallest absolute Gasteiger partial charge is 0.303 e. The van der Waals surface area contributed by atoms with Crippen LogP contribution in [0.3, 0.4) is 0 Å². The van der Waals surface area contributed by atoms with Crippen LogP contribution in [0.15, 0.2) is 12.2 Å². The molecule has 5 saturated carbocycles. The zero-order chi connectivity index (χ0) is 35.0. The van der Waals surface area contributed by atoms with E-state index in [2.05, 4.69) is 52.8 Å². The van der Waals surface area contributed by atoms with Crippen molar-refractivity contribution in [3.63, 3.8) is 0 Å². The maximum atomic E-state index is 14.5. The van der Waals surface area contributed by atoms with Gasteiger partial charge in [0, 0.05) is 18.7 Å². The molecule has 0 aromatic rings. The summed E-state index contributed by atoms with van der Waals surface area (Å²) in [5, 5.41) is 23.4. The van der Waals surface area contributed by atoms with Gasteiger partial charge < -0.3 is 15.5 Å². The molecule has 274 valence electrons. The number of carboxylic acid groups (broad SMARTS) is 1. The third-order valence-corrected chi connectivity index (χ3v) is 17.0. The van der Waals surface area contributed by atoms with Gasteiger partial charge >= 0.3 is 5.97 Å². The monoisotopic (exact) mass is 686 g/mol. The summed E-state index contributed by atoms with van der Waals surface area (Å²) in [7, 11) is 0. The first-order valence-electron chi connectivity index (χ1n) is 20.0. The summed E-state index contributed by atoms with van der Waals surface area (Å²) in [6, 6.07) is 0. The second-order valence-electron chi connectivity index (χ2n) is 18.7. The molecule has 1 amide bonds. The van der Waals surface area contributed by atoms with E-state index in [4.69, 9.17) is 5.11 Å². The summed E-state index contributed by atoms with van der Waals surface area (Å²) in [5.41, 5.74) is 1.84. The Morgan fingerprint density at radius 2 is 1.44 bits per heavy atom. The SMILES string of the molecule is C=C(CSC)[C@@H]1CC[C@]2(C(=O)NCCCCCCCCCCC(=O)O)CC[C@]3(C)[C@H](CCC4[C@@]5(C)CC[C@H](O)C(C)(C)[C@@H]5CC[C@]43C)[C@@H]12. The van der Waals surface area contributed by atoms with E-state index in [0.29, 0.717) is 41.9 Å². The largest absolute Gasteiger partial charge is 0.481 e. The summed E-state index contributed by atoms with van der Waals surface area (Å²) in [6.07, 6.45) is 22.4. The molecule has 0 heterocycles. The van der Waals surface area contributed by atoms with Gasteiger partial charge in [0.25, 0.3) is 0 Å². The lowest BCUT2D eigenvalue weighted by molar-refractivity contribution is -0.246. The van der Waals surface area contributed by atoms with Crippen LogP contribution >= 0.6 is 11.8 Å². The Morgan fingerprint density at radius 1 is 0.771 bits per heavy atom. The molecule has 5 aliphatic rings. The van der Waals surface area contributed by atoms with Gasteiger partial charge in [0.15, 0.2) is 0 Å². The average molecular weight is 686 g/mol. The van der Waals surface area contributed by atoms with Crippen LogP contribution < -0.4 is 5.32 Å². The molecule has 48 heavy (non-hydrogen) atoms. The van der Waals surface area contributed by atoms with E-state index in [0.717, 1.165) is 82.9 Å². The Labute approximate surface area is 298 Å². The molecule has 0 radical (unpaired) electrons. The highest BCUT2D eigenvalue weighted by Gasteiger charge is 2.71. The topological polar surface area (TPSA) is 86.6 Å². The fourth-order valence-electron chi connectivity index (χ4n) is 13.6. The predicted octanol–water partition coefficient (Wildman–Crippen LogP) is 10.1. The van der Waals surface area contributed by atoms with Crippen molar-refractivity contribution in [1.82, 2.24) is 5.32 Å². The Balaban J connectivity index is 1.27. The number of thioether (sulfide) groups is 1. The number of nitrogens with one attached hydrogen (secondary N) is 1. The summed E-state index contributed by atoms with van der Waals surface area (Å²) in [6.45, 7) is 18.1. The van der Waals surface area contributed by atoms with Gasteiger partial charge in [0.1, 0.15) is 0 Å². The van der Waals surface area contributed by atoms with E-state index in [1.54, 1.807) is 0 Å². The molecule has 0 spiro atoms. The number of aliphatic carboxylic acids is 1. The standard InChI is InChI=1S/C42H71NO4S/c1-29(28-48-7)30-19-24-42(37(47)43-27-15-13-11-9-8-10-12-14-16-35(45)46)26-25-40(5)31(36(30)42)17-18-33-39(4)22-21-34(44)38(2,3)32(39)20-23-41(33,40)6/h30-34,36,44H,1,8-28H2,2-7H3,(H,43,47)(H,45,46)/t30-,31+,32-,33?,34-,36+,39-,40+,41+,42-/m0/s1. The van der Waals surface area contributed by atoms with Crippen molar-refractivity contribution in [2.24, 2.45) is 56.7 Å². The minimum Gasteiger partial charge on any atom is -0.481 e. The molecule has 5 aliphatic carbocycles. The van der Waals surface area contributed by atoms with Crippen LogP contribution in [0.1, 0.15) is 157 Å². The zero-order valence-electron chi connectivity index (χ0n) is 31.6. The quantitative estimate of drug-likeness (QED) is 0.118. The lowest BCUT2D eigenvalue weighted by atomic mass is 9.32. The van der Waals surface area contributed by atoms with Gasteiger partial charge in [0.2, 0.25) is 5.91 Å². The highest BCUT2D eigenvalue weighted by molar-refractivity contribution is 7.98. The van der Waals surface area contributed by atoms with Gasteiger partial charge in [-0.3, -0.25) is 9.59 Å². The molecular formula is C42H71NO4S. The van der Waals surface area contributed by atoms with E-state index in [-0.39, 0.29) is 33.2 Å². The maximum absolute atomic E-state index is 14.5. The summed E-state index contributed by atoms with van der Waals surface area (Å²) in [4.78, 5) is 25.2. The highest BCUT2D eigenvalue weighted by atomic mass is 32.2. The van der Waals surface area contributed by atoms with Crippen LogP contribution in [0.4, 0.5) is 0 Å². The molecule has 5 nitrogen and oxygen atoms in total. The number of amides is 1. The number of aliphatic hydroxyl groups is 1. The van der Waals surface area contributed by atoms with Gasteiger partial charge in [-0.2, -0.15) is 11.8 Å². The molecule has 0 aliphatic heterocycles. The fraction of sp³-hybridized carbons (Fsp3) is 0.905. The zero-order valence-corrected chi connectivity index (χ0v) is 32.5. The van der Waals surface area contributed by atoms with Gasteiger partial charge in [-0.25, -0.2) is 0 Å². The molecule has 0 aromatic carbocycles. The van der Waals surface area contributed by atoms with Crippen LogP contribution in [-0.4, -0.2) is 46.7 Å². The van der Waals surface area contributed by atoms with Gasteiger partial charge in [-0.15, -0.1) is 0 Å². The van der Waals surface area contributed by atoms with Gasteiger partial charge in [-0.1, -0.05) is 85.3 Å². The number of unbranched alkanes of at least 4 members (excludes halogenated alkanes) is 7. The van der Waals surface area contributed by atoms with Crippen LogP contribution in [0, 0.1) is 56.7 Å². The number of carboxylic acids is 1. The van der Waals surface area contributed by atoms with Crippen molar-refractivity contribution in [1.29, 1.82) is 0 Å². The second-order valence-corrected chi connectivity index (χ2v) is 19.6. The summed E-state index contributed by atoms with van der Waals surface area (Å²) >= 11 is 1.89. The lowest BCUT2D eigenvalue weighted by Crippen LogP contribution is -2.67. The second kappa shape index (κ2) is 14.9. The van der Waals surface area contributed by atoms with E-state index >= 15 is 0 Å². The number of carbonyl (C=O) groups is 2. The first kappa shape index (κ1) is 38.2. The van der Waals surface area contributed by atoms with Crippen molar-refractivity contribution in [3.8, 4) is 0 Å². The van der Waals surface area contributed by atoms with E-state index in [9.17, 15) is 14.7 Å². The average Bonchev–Trinajstić information content (AvgIpc) is 3.43. The number of carbonyl (C=O) groups excluding carboxylic acids is 1. The molecule has 0 aromatic heterocycles. The molecule has 10 atom stereocenters. The number of hydrogen-bond donors (Lipinski definition) is 3. The highest BCUT2D eigenvalue weighted by Crippen LogP contribution is 2.77. The number of hydrogen-bond acceptors (Lipinski definition) is 4. The number of aliphatic hydroxyl groups excluding tert-OH is 1. The normalized spacial score (nSPS) is 41.4. The van der Waals surface area contributed by atoms with Crippen molar-refractivity contribution in [2.45, 2.75) is 163 Å². The summed E-state index contributed by atoms with van der Waals surface area (Å²) in [5.74, 6) is 3.30. The van der Waals surface area contributed by atoms with E-state index in [1.807, 2.05) is 11.8 Å². The molecule has 6 heteroatoms. The predicted molar refractivity (Wildman–Crippen MR) is 200 cm³/mol.